The van der Waals surface area contributed by atoms with Crippen LogP contribution < -0.4 is 10.3 Å². The molecule has 0 aliphatic rings. The van der Waals surface area contributed by atoms with Crippen molar-refractivity contribution in [3.63, 3.8) is 0 Å². The Morgan fingerprint density at radius 1 is 1.00 bits per heavy atom. The Hall–Kier alpha value is 0.830. The third-order valence-corrected chi connectivity index (χ3v) is 5.45. The Kier molecular flexibility index (Phi) is 6.06. The smallest absolute Gasteiger partial charge is 0.0565 e. The summed E-state index contributed by atoms with van der Waals surface area (Å²) < 4.78 is 0. The summed E-state index contributed by atoms with van der Waals surface area (Å²) in [4.78, 5) is 4.10. The van der Waals surface area contributed by atoms with Crippen molar-refractivity contribution in [3.05, 3.63) is 11.1 Å². The van der Waals surface area contributed by atoms with Gasteiger partial charge in [0.2, 0.25) is 0 Å². The first kappa shape index (κ1) is 13.9. The molecule has 0 fully saturated rings. The van der Waals surface area contributed by atoms with Gasteiger partial charge in [-0.05, 0) is 42.5 Å². The first-order valence-electron chi connectivity index (χ1n) is 3.87. The van der Waals surface area contributed by atoms with Crippen LogP contribution in [0.5, 0.6) is 0 Å². The third-order valence-electron chi connectivity index (χ3n) is 1.76. The molecule has 0 bridgehead atoms. The van der Waals surface area contributed by atoms with Crippen LogP contribution in [-0.4, -0.2) is 12.5 Å². The summed E-state index contributed by atoms with van der Waals surface area (Å²) in [6.07, 6.45) is 4.01. The summed E-state index contributed by atoms with van der Waals surface area (Å²) in [5.74, 6) is 0. The number of hydrogen-bond acceptors (Lipinski definition) is 6. The van der Waals surface area contributed by atoms with Gasteiger partial charge < -0.3 is 0 Å². The van der Waals surface area contributed by atoms with Gasteiger partial charge in [-0.1, -0.05) is 11.6 Å². The molecular weight excluding hydrogens is 288 g/mol. The van der Waals surface area contributed by atoms with Gasteiger partial charge in [-0.3, -0.25) is 10.3 Å². The van der Waals surface area contributed by atoms with E-state index in [0.717, 1.165) is 24.6 Å². The summed E-state index contributed by atoms with van der Waals surface area (Å²) in [5, 5.41) is 12.0. The molecule has 0 radical (unpaired) electrons. The van der Waals surface area contributed by atoms with Crippen LogP contribution in [-0.2, 0) is 0 Å². The molecule has 1 rings (SSSR count). The van der Waals surface area contributed by atoms with Gasteiger partial charge in [0.05, 0.1) is 9.92 Å². The van der Waals surface area contributed by atoms with Crippen LogP contribution in [0.25, 0.3) is 0 Å². The fourth-order valence-corrected chi connectivity index (χ4v) is 4.92. The summed E-state index contributed by atoms with van der Waals surface area (Å²) in [5.41, 5.74) is 0. The molecule has 4 N–H and O–H groups in total. The molecule has 7 heteroatoms. The van der Waals surface area contributed by atoms with Gasteiger partial charge in [0.25, 0.3) is 0 Å². The molecule has 0 aromatic heterocycles. The third kappa shape index (κ3) is 2.94. The molecule has 0 aliphatic carbocycles. The standard InChI is InChI=1S/C8H11ClN2S4/c1-12-6-4(9)3-5(14-10)7(15-11)8(6)13-2/h3H,10-11H2,1-2H3. The first-order valence-corrected chi connectivity index (χ1v) is 8.46. The number of benzene rings is 1. The minimum Gasteiger partial charge on any atom is -0.274 e. The van der Waals surface area contributed by atoms with Crippen molar-refractivity contribution >= 4 is 59.0 Å². The van der Waals surface area contributed by atoms with E-state index in [-0.39, 0.29) is 0 Å². The molecule has 2 nitrogen and oxygen atoms in total. The zero-order valence-electron chi connectivity index (χ0n) is 8.24. The largest absolute Gasteiger partial charge is 0.274 e. The van der Waals surface area contributed by atoms with Crippen molar-refractivity contribution in [2.45, 2.75) is 19.6 Å². The van der Waals surface area contributed by atoms with E-state index in [0.29, 0.717) is 0 Å². The monoisotopic (exact) mass is 298 g/mol. The highest BCUT2D eigenvalue weighted by Crippen LogP contribution is 2.44. The van der Waals surface area contributed by atoms with Crippen molar-refractivity contribution in [1.82, 2.24) is 0 Å². The zero-order valence-corrected chi connectivity index (χ0v) is 12.3. The average molecular weight is 299 g/mol. The lowest BCUT2D eigenvalue weighted by Gasteiger charge is -2.14. The van der Waals surface area contributed by atoms with Crippen molar-refractivity contribution in [2.75, 3.05) is 12.5 Å². The van der Waals surface area contributed by atoms with E-state index >= 15 is 0 Å². The van der Waals surface area contributed by atoms with E-state index in [9.17, 15) is 0 Å². The molecule has 84 valence electrons. The van der Waals surface area contributed by atoms with E-state index in [1.54, 1.807) is 23.5 Å². The molecule has 0 saturated heterocycles. The van der Waals surface area contributed by atoms with Gasteiger partial charge >= 0.3 is 0 Å². The van der Waals surface area contributed by atoms with Crippen LogP contribution in [0.1, 0.15) is 0 Å². The predicted octanol–water partition coefficient (Wildman–Crippen LogP) is 3.72. The van der Waals surface area contributed by atoms with Crippen molar-refractivity contribution in [2.24, 2.45) is 10.3 Å². The summed E-state index contributed by atoms with van der Waals surface area (Å²) in [6.45, 7) is 0. The Morgan fingerprint density at radius 3 is 2.00 bits per heavy atom. The quantitative estimate of drug-likeness (QED) is 0.653. The van der Waals surface area contributed by atoms with Crippen LogP contribution in [0.4, 0.5) is 0 Å². The second-order valence-electron chi connectivity index (χ2n) is 2.49. The van der Waals surface area contributed by atoms with Crippen LogP contribution in [0.2, 0.25) is 5.02 Å². The van der Waals surface area contributed by atoms with E-state index in [2.05, 4.69) is 0 Å². The van der Waals surface area contributed by atoms with Gasteiger partial charge in [0.1, 0.15) is 0 Å². The summed E-state index contributed by atoms with van der Waals surface area (Å²) in [6, 6.07) is 1.87. The lowest BCUT2D eigenvalue weighted by atomic mass is 10.3. The number of nitrogens with two attached hydrogens (primary N) is 2. The molecule has 0 atom stereocenters. The maximum Gasteiger partial charge on any atom is 0.0565 e. The molecule has 1 aromatic rings. The van der Waals surface area contributed by atoms with Crippen LogP contribution in [0.3, 0.4) is 0 Å². The minimum atomic E-state index is 0.734. The molecule has 1 aromatic carbocycles. The molecule has 0 spiro atoms. The molecule has 0 unspecified atom stereocenters. The number of hydrogen-bond donors (Lipinski definition) is 2. The number of halogens is 1. The SMILES string of the molecule is CSc1c(Cl)cc(SN)c(SN)c1SC. The lowest BCUT2D eigenvalue weighted by molar-refractivity contribution is 1.04. The Balaban J connectivity index is 3.44. The second kappa shape index (κ2) is 6.54. The lowest BCUT2D eigenvalue weighted by Crippen LogP contribution is -1.93. The highest BCUT2D eigenvalue weighted by Gasteiger charge is 2.15. The first-order chi connectivity index (χ1) is 7.19. The molecule has 0 saturated carbocycles. The second-order valence-corrected chi connectivity index (χ2v) is 5.85. The van der Waals surface area contributed by atoms with Crippen LogP contribution in [0.15, 0.2) is 25.6 Å². The van der Waals surface area contributed by atoms with Gasteiger partial charge in [-0.25, -0.2) is 0 Å². The van der Waals surface area contributed by atoms with Crippen molar-refractivity contribution in [1.29, 1.82) is 0 Å². The normalized spacial score (nSPS) is 10.7. The van der Waals surface area contributed by atoms with Crippen molar-refractivity contribution < 1.29 is 0 Å². The van der Waals surface area contributed by atoms with Crippen LogP contribution in [0, 0.1) is 0 Å². The fraction of sp³-hybridized carbons (Fsp3) is 0.250. The van der Waals surface area contributed by atoms with Gasteiger partial charge in [0, 0.05) is 14.7 Å². The highest BCUT2D eigenvalue weighted by atomic mass is 35.5. The maximum atomic E-state index is 6.17. The molecule has 0 aliphatic heterocycles. The molecule has 0 heterocycles. The predicted molar refractivity (Wildman–Crippen MR) is 75.1 cm³/mol. The Labute approximate surface area is 112 Å². The fourth-order valence-electron chi connectivity index (χ4n) is 1.14. The van der Waals surface area contributed by atoms with E-state index in [4.69, 9.17) is 21.9 Å². The number of thioether (sulfide) groups is 2. The maximum absolute atomic E-state index is 6.17. The van der Waals surface area contributed by atoms with E-state index in [1.165, 1.54) is 23.9 Å². The highest BCUT2D eigenvalue weighted by molar-refractivity contribution is 8.03. The minimum absolute atomic E-state index is 0.734. The van der Waals surface area contributed by atoms with E-state index < -0.39 is 0 Å². The topological polar surface area (TPSA) is 52.0 Å². The zero-order chi connectivity index (χ0) is 11.4. The molecular formula is C8H11ClN2S4. The van der Waals surface area contributed by atoms with Gasteiger partial charge in [-0.2, -0.15) is 0 Å². The van der Waals surface area contributed by atoms with Gasteiger partial charge in [0.15, 0.2) is 0 Å². The van der Waals surface area contributed by atoms with Crippen molar-refractivity contribution in [3.8, 4) is 0 Å². The average Bonchev–Trinajstić information content (AvgIpc) is 2.27. The van der Waals surface area contributed by atoms with Gasteiger partial charge in [-0.15, -0.1) is 23.5 Å². The molecule has 0 amide bonds. The van der Waals surface area contributed by atoms with E-state index in [1.807, 2.05) is 18.6 Å². The summed E-state index contributed by atoms with van der Waals surface area (Å²) >= 11 is 11.8. The number of rotatable bonds is 4. The Morgan fingerprint density at radius 2 is 1.60 bits per heavy atom. The summed E-state index contributed by atoms with van der Waals surface area (Å²) in [7, 11) is 0. The molecule has 15 heavy (non-hydrogen) atoms. The Bertz CT molecular complexity index is 359. The van der Waals surface area contributed by atoms with Crippen LogP contribution >= 0.6 is 59.0 Å².